The SMILES string of the molecule is COP(=O)(O)N[C@@H](C)C(=O)OCC(C)(C)C. The lowest BCUT2D eigenvalue weighted by atomic mass is 9.99. The lowest BCUT2D eigenvalue weighted by Gasteiger charge is -2.21. The molecule has 7 heteroatoms. The van der Waals surface area contributed by atoms with Crippen molar-refractivity contribution in [1.29, 1.82) is 0 Å². The molecule has 0 amide bonds. The molecular formula is C9H20NO5P. The van der Waals surface area contributed by atoms with E-state index in [4.69, 9.17) is 9.63 Å². The molecule has 1 unspecified atom stereocenters. The predicted molar refractivity (Wildman–Crippen MR) is 59.8 cm³/mol. The molecule has 0 rings (SSSR count). The number of rotatable bonds is 5. The van der Waals surface area contributed by atoms with Crippen LogP contribution in [0.2, 0.25) is 0 Å². The highest BCUT2D eigenvalue weighted by molar-refractivity contribution is 7.50. The molecule has 16 heavy (non-hydrogen) atoms. The quantitative estimate of drug-likeness (QED) is 0.567. The van der Waals surface area contributed by atoms with E-state index in [1.807, 2.05) is 20.8 Å². The summed E-state index contributed by atoms with van der Waals surface area (Å²) in [5.41, 5.74) is -0.139. The summed E-state index contributed by atoms with van der Waals surface area (Å²) in [5, 5.41) is 2.16. The van der Waals surface area contributed by atoms with E-state index < -0.39 is 19.8 Å². The molecule has 0 saturated heterocycles. The molecule has 0 aliphatic carbocycles. The highest BCUT2D eigenvalue weighted by atomic mass is 31.2. The van der Waals surface area contributed by atoms with Gasteiger partial charge < -0.3 is 14.2 Å². The average molecular weight is 253 g/mol. The third kappa shape index (κ3) is 6.95. The Morgan fingerprint density at radius 3 is 2.38 bits per heavy atom. The second-order valence-corrected chi connectivity index (χ2v) is 6.39. The molecule has 2 N–H and O–H groups in total. The van der Waals surface area contributed by atoms with E-state index >= 15 is 0 Å². The first-order valence-electron chi connectivity index (χ1n) is 4.90. The zero-order chi connectivity index (χ0) is 13.0. The number of nitrogens with one attached hydrogen (secondary N) is 1. The van der Waals surface area contributed by atoms with Crippen LogP contribution >= 0.6 is 7.75 Å². The fourth-order valence-corrected chi connectivity index (χ4v) is 1.46. The molecule has 0 spiro atoms. The van der Waals surface area contributed by atoms with Gasteiger partial charge >= 0.3 is 13.7 Å². The molecule has 0 aliphatic rings. The van der Waals surface area contributed by atoms with Crippen LogP contribution in [0.1, 0.15) is 27.7 Å². The van der Waals surface area contributed by atoms with Crippen molar-refractivity contribution in [3.05, 3.63) is 0 Å². The Hall–Kier alpha value is -0.420. The molecule has 0 saturated carbocycles. The van der Waals surface area contributed by atoms with Crippen LogP contribution < -0.4 is 5.09 Å². The smallest absolute Gasteiger partial charge is 0.403 e. The monoisotopic (exact) mass is 253 g/mol. The van der Waals surface area contributed by atoms with E-state index in [0.29, 0.717) is 0 Å². The van der Waals surface area contributed by atoms with Gasteiger partial charge in [0.25, 0.3) is 0 Å². The van der Waals surface area contributed by atoms with Crippen molar-refractivity contribution in [3.63, 3.8) is 0 Å². The fraction of sp³-hybridized carbons (Fsp3) is 0.889. The summed E-state index contributed by atoms with van der Waals surface area (Å²) in [6.07, 6.45) is 0. The van der Waals surface area contributed by atoms with Crippen LogP contribution in [0.25, 0.3) is 0 Å². The van der Waals surface area contributed by atoms with Gasteiger partial charge in [0, 0.05) is 7.11 Å². The second-order valence-electron chi connectivity index (χ2n) is 4.72. The first kappa shape index (κ1) is 15.6. The molecule has 2 atom stereocenters. The zero-order valence-corrected chi connectivity index (χ0v) is 11.2. The maximum absolute atomic E-state index is 11.4. The minimum Gasteiger partial charge on any atom is -0.464 e. The van der Waals surface area contributed by atoms with E-state index in [1.54, 1.807) is 0 Å². The molecular weight excluding hydrogens is 233 g/mol. The normalized spacial score (nSPS) is 17.6. The Kier molecular flexibility index (Phi) is 5.62. The Morgan fingerprint density at radius 1 is 1.50 bits per heavy atom. The summed E-state index contributed by atoms with van der Waals surface area (Å²) < 4.78 is 20.4. The van der Waals surface area contributed by atoms with Gasteiger partial charge in [0.05, 0.1) is 6.61 Å². The van der Waals surface area contributed by atoms with Gasteiger partial charge in [-0.25, -0.2) is 9.65 Å². The van der Waals surface area contributed by atoms with Crippen molar-refractivity contribution in [1.82, 2.24) is 5.09 Å². The summed E-state index contributed by atoms with van der Waals surface area (Å²) >= 11 is 0. The number of hydrogen-bond donors (Lipinski definition) is 2. The lowest BCUT2D eigenvalue weighted by Crippen LogP contribution is -2.35. The third-order valence-electron chi connectivity index (χ3n) is 1.61. The summed E-state index contributed by atoms with van der Waals surface area (Å²) in [6, 6.07) is -0.891. The van der Waals surface area contributed by atoms with E-state index in [0.717, 1.165) is 7.11 Å². The van der Waals surface area contributed by atoms with E-state index in [-0.39, 0.29) is 12.0 Å². The molecule has 0 aromatic heterocycles. The van der Waals surface area contributed by atoms with Crippen LogP contribution in [-0.2, 0) is 18.6 Å². The average Bonchev–Trinajstić information content (AvgIpc) is 2.12. The lowest BCUT2D eigenvalue weighted by molar-refractivity contribution is -0.148. The Morgan fingerprint density at radius 2 is 2.00 bits per heavy atom. The first-order valence-corrected chi connectivity index (χ1v) is 6.48. The molecule has 0 aromatic carbocycles. The van der Waals surface area contributed by atoms with Gasteiger partial charge in [0.15, 0.2) is 0 Å². The number of esters is 1. The summed E-state index contributed by atoms with van der Waals surface area (Å²) in [6.45, 7) is 7.45. The molecule has 0 bridgehead atoms. The van der Waals surface area contributed by atoms with Gasteiger partial charge in [-0.3, -0.25) is 4.79 Å². The maximum Gasteiger partial charge on any atom is 0.403 e. The summed E-state index contributed by atoms with van der Waals surface area (Å²) in [5.74, 6) is -0.582. The van der Waals surface area contributed by atoms with Gasteiger partial charge in [-0.2, -0.15) is 0 Å². The number of carbonyl (C=O) groups excluding carboxylic acids is 1. The van der Waals surface area contributed by atoms with E-state index in [2.05, 4.69) is 9.61 Å². The van der Waals surface area contributed by atoms with Crippen molar-refractivity contribution in [2.75, 3.05) is 13.7 Å². The van der Waals surface area contributed by atoms with Crippen LogP contribution in [0.15, 0.2) is 0 Å². The summed E-state index contributed by atoms with van der Waals surface area (Å²) in [4.78, 5) is 20.5. The largest absolute Gasteiger partial charge is 0.464 e. The Labute approximate surface area is 95.9 Å². The fourth-order valence-electron chi connectivity index (χ4n) is 0.763. The second kappa shape index (κ2) is 5.77. The van der Waals surface area contributed by atoms with E-state index in [9.17, 15) is 9.36 Å². The van der Waals surface area contributed by atoms with Gasteiger partial charge in [-0.1, -0.05) is 20.8 Å². The van der Waals surface area contributed by atoms with Crippen molar-refractivity contribution >= 4 is 13.7 Å². The highest BCUT2D eigenvalue weighted by Gasteiger charge is 2.26. The third-order valence-corrected chi connectivity index (χ3v) is 2.81. The van der Waals surface area contributed by atoms with Gasteiger partial charge in [-0.15, -0.1) is 0 Å². The van der Waals surface area contributed by atoms with Crippen molar-refractivity contribution in [3.8, 4) is 0 Å². The molecule has 0 radical (unpaired) electrons. The van der Waals surface area contributed by atoms with Crippen molar-refractivity contribution in [2.24, 2.45) is 5.41 Å². The molecule has 0 aliphatic heterocycles. The minimum absolute atomic E-state index is 0.139. The standard InChI is InChI=1S/C9H20NO5P/c1-7(10-16(12,13)14-5)8(11)15-6-9(2,3)4/h7H,6H2,1-5H3,(H2,10,12,13)/t7-/m0/s1. The minimum atomic E-state index is -3.90. The Balaban J connectivity index is 4.16. The van der Waals surface area contributed by atoms with Crippen LogP contribution in [0.5, 0.6) is 0 Å². The van der Waals surface area contributed by atoms with Gasteiger partial charge in [-0.05, 0) is 12.3 Å². The first-order chi connectivity index (χ1) is 7.07. The van der Waals surface area contributed by atoms with Crippen molar-refractivity contribution in [2.45, 2.75) is 33.7 Å². The van der Waals surface area contributed by atoms with Crippen molar-refractivity contribution < 1.29 is 23.5 Å². The summed E-state index contributed by atoms with van der Waals surface area (Å²) in [7, 11) is -2.81. The van der Waals surface area contributed by atoms with Gasteiger partial charge in [0.2, 0.25) is 0 Å². The number of carbonyl (C=O) groups is 1. The predicted octanol–water partition coefficient (Wildman–Crippen LogP) is 1.30. The molecule has 6 nitrogen and oxygen atoms in total. The van der Waals surface area contributed by atoms with Crippen LogP contribution in [0.4, 0.5) is 0 Å². The van der Waals surface area contributed by atoms with Crippen LogP contribution in [0.3, 0.4) is 0 Å². The van der Waals surface area contributed by atoms with E-state index in [1.165, 1.54) is 6.92 Å². The van der Waals surface area contributed by atoms with Gasteiger partial charge in [0.1, 0.15) is 6.04 Å². The molecule has 0 fully saturated rings. The molecule has 0 heterocycles. The number of hydrogen-bond acceptors (Lipinski definition) is 4. The topological polar surface area (TPSA) is 84.9 Å². The Bertz CT molecular complexity index is 286. The zero-order valence-electron chi connectivity index (χ0n) is 10.3. The molecule has 96 valence electrons. The van der Waals surface area contributed by atoms with Crippen LogP contribution in [0, 0.1) is 5.41 Å². The maximum atomic E-state index is 11.4. The molecule has 0 aromatic rings. The number of ether oxygens (including phenoxy) is 1. The highest BCUT2D eigenvalue weighted by Crippen LogP contribution is 2.35. The van der Waals surface area contributed by atoms with Crippen LogP contribution in [-0.4, -0.2) is 30.6 Å².